The fourth-order valence-corrected chi connectivity index (χ4v) is 4.82. The van der Waals surface area contributed by atoms with Crippen molar-refractivity contribution in [2.75, 3.05) is 19.0 Å². The van der Waals surface area contributed by atoms with E-state index in [9.17, 15) is 8.42 Å². The first-order valence-electron chi connectivity index (χ1n) is 6.64. The molecule has 2 N–H and O–H groups in total. The van der Waals surface area contributed by atoms with Gasteiger partial charge in [-0.1, -0.05) is 6.42 Å². The van der Waals surface area contributed by atoms with Crippen molar-refractivity contribution in [2.45, 2.75) is 49.8 Å². The van der Waals surface area contributed by atoms with Crippen molar-refractivity contribution < 1.29 is 13.2 Å². The first kappa shape index (κ1) is 13.3. The van der Waals surface area contributed by atoms with Crippen LogP contribution < -0.4 is 5.73 Å². The van der Waals surface area contributed by atoms with Gasteiger partial charge in [-0.25, -0.2) is 8.42 Å². The topological polar surface area (TPSA) is 69.4 Å². The predicted octanol–water partition coefficient (Wildman–Crippen LogP) is 1.10. The summed E-state index contributed by atoms with van der Waals surface area (Å²) in [6.07, 6.45) is 5.40. The summed E-state index contributed by atoms with van der Waals surface area (Å²) in [6, 6.07) is 0.222. The Kier molecular flexibility index (Phi) is 4.44. The van der Waals surface area contributed by atoms with E-state index in [0.29, 0.717) is 37.7 Å². The number of rotatable bonds is 4. The van der Waals surface area contributed by atoms with E-state index in [0.717, 1.165) is 25.7 Å². The SMILES string of the molecule is NC1CCCC1CCS(=O)(=O)C1CCOCC1. The normalized spacial score (nSPS) is 31.8. The van der Waals surface area contributed by atoms with E-state index in [1.807, 2.05) is 0 Å². The van der Waals surface area contributed by atoms with Gasteiger partial charge in [0.15, 0.2) is 9.84 Å². The van der Waals surface area contributed by atoms with Crippen molar-refractivity contribution >= 4 is 9.84 Å². The third-order valence-corrected chi connectivity index (χ3v) is 6.46. The van der Waals surface area contributed by atoms with E-state index in [2.05, 4.69) is 0 Å². The highest BCUT2D eigenvalue weighted by Crippen LogP contribution is 2.28. The molecule has 1 saturated carbocycles. The van der Waals surface area contributed by atoms with Crippen LogP contribution in [0.3, 0.4) is 0 Å². The van der Waals surface area contributed by atoms with Crippen molar-refractivity contribution in [3.05, 3.63) is 0 Å². The Morgan fingerprint density at radius 3 is 2.41 bits per heavy atom. The molecular formula is C12H23NO3S. The zero-order valence-electron chi connectivity index (χ0n) is 10.3. The van der Waals surface area contributed by atoms with E-state index >= 15 is 0 Å². The van der Waals surface area contributed by atoms with Gasteiger partial charge in [0, 0.05) is 19.3 Å². The van der Waals surface area contributed by atoms with Crippen molar-refractivity contribution in [3.63, 3.8) is 0 Å². The minimum absolute atomic E-state index is 0.172. The molecule has 0 aromatic heterocycles. The second-order valence-electron chi connectivity index (χ2n) is 5.32. The van der Waals surface area contributed by atoms with Crippen LogP contribution in [0.5, 0.6) is 0 Å². The van der Waals surface area contributed by atoms with Gasteiger partial charge in [-0.15, -0.1) is 0 Å². The number of sulfone groups is 1. The van der Waals surface area contributed by atoms with Crippen molar-refractivity contribution in [2.24, 2.45) is 11.7 Å². The molecule has 2 unspecified atom stereocenters. The molecule has 17 heavy (non-hydrogen) atoms. The van der Waals surface area contributed by atoms with Gasteiger partial charge >= 0.3 is 0 Å². The first-order chi connectivity index (χ1) is 8.09. The monoisotopic (exact) mass is 261 g/mol. The quantitative estimate of drug-likeness (QED) is 0.822. The zero-order valence-corrected chi connectivity index (χ0v) is 11.1. The molecule has 100 valence electrons. The van der Waals surface area contributed by atoms with E-state index in [1.165, 1.54) is 0 Å². The lowest BCUT2D eigenvalue weighted by Gasteiger charge is -2.23. The maximum absolute atomic E-state index is 12.2. The smallest absolute Gasteiger partial charge is 0.153 e. The summed E-state index contributed by atoms with van der Waals surface area (Å²) in [5, 5.41) is -0.172. The Hall–Kier alpha value is -0.130. The molecule has 1 aliphatic carbocycles. The molecule has 0 amide bonds. The molecule has 0 spiro atoms. The predicted molar refractivity (Wildman–Crippen MR) is 67.6 cm³/mol. The van der Waals surface area contributed by atoms with Gasteiger partial charge in [0.2, 0.25) is 0 Å². The third-order valence-electron chi connectivity index (χ3n) is 4.17. The molecule has 2 rings (SSSR count). The van der Waals surface area contributed by atoms with Crippen LogP contribution in [-0.4, -0.2) is 38.7 Å². The number of hydrogen-bond donors (Lipinski definition) is 1. The van der Waals surface area contributed by atoms with Gasteiger partial charge in [0.25, 0.3) is 0 Å². The van der Waals surface area contributed by atoms with E-state index in [4.69, 9.17) is 10.5 Å². The largest absolute Gasteiger partial charge is 0.381 e. The van der Waals surface area contributed by atoms with Gasteiger partial charge in [0.1, 0.15) is 0 Å². The van der Waals surface area contributed by atoms with Gasteiger partial charge < -0.3 is 10.5 Å². The molecule has 0 aromatic carbocycles. The van der Waals surface area contributed by atoms with Crippen LogP contribution >= 0.6 is 0 Å². The van der Waals surface area contributed by atoms with E-state index in [1.54, 1.807) is 0 Å². The number of nitrogens with two attached hydrogens (primary N) is 1. The van der Waals surface area contributed by atoms with Gasteiger partial charge in [-0.2, -0.15) is 0 Å². The van der Waals surface area contributed by atoms with Gasteiger partial charge in [-0.3, -0.25) is 0 Å². The second kappa shape index (κ2) is 5.67. The lowest BCUT2D eigenvalue weighted by Crippen LogP contribution is -2.32. The summed E-state index contributed by atoms with van der Waals surface area (Å²) in [4.78, 5) is 0. The molecule has 4 nitrogen and oxygen atoms in total. The molecule has 2 atom stereocenters. The van der Waals surface area contributed by atoms with Crippen molar-refractivity contribution in [1.29, 1.82) is 0 Å². The number of ether oxygens (including phenoxy) is 1. The zero-order chi connectivity index (χ0) is 12.3. The maximum Gasteiger partial charge on any atom is 0.153 e. The summed E-state index contributed by atoms with van der Waals surface area (Å²) in [5.74, 6) is 0.736. The lowest BCUT2D eigenvalue weighted by molar-refractivity contribution is 0.0983. The van der Waals surface area contributed by atoms with Crippen LogP contribution in [0, 0.1) is 5.92 Å². The summed E-state index contributed by atoms with van der Waals surface area (Å²) < 4.78 is 29.5. The van der Waals surface area contributed by atoms with Gasteiger partial charge in [-0.05, 0) is 38.0 Å². The molecule has 2 fully saturated rings. The lowest BCUT2D eigenvalue weighted by atomic mass is 10.0. The molecule has 1 heterocycles. The summed E-state index contributed by atoms with van der Waals surface area (Å²) in [5.41, 5.74) is 5.97. The highest BCUT2D eigenvalue weighted by atomic mass is 32.2. The molecule has 1 aliphatic heterocycles. The molecular weight excluding hydrogens is 238 g/mol. The Morgan fingerprint density at radius 1 is 1.12 bits per heavy atom. The van der Waals surface area contributed by atoms with Crippen LogP contribution in [0.4, 0.5) is 0 Å². The molecule has 2 aliphatic rings. The van der Waals surface area contributed by atoms with Crippen molar-refractivity contribution in [1.82, 2.24) is 0 Å². The Morgan fingerprint density at radius 2 is 1.82 bits per heavy atom. The standard InChI is InChI=1S/C12H23NO3S/c13-12-3-1-2-10(12)6-9-17(14,15)11-4-7-16-8-5-11/h10-12H,1-9,13H2. The number of hydrogen-bond acceptors (Lipinski definition) is 4. The Bertz CT molecular complexity index is 336. The fraction of sp³-hybridized carbons (Fsp3) is 1.00. The maximum atomic E-state index is 12.2. The summed E-state index contributed by atoms with van der Waals surface area (Å²) in [7, 11) is -2.93. The van der Waals surface area contributed by atoms with E-state index in [-0.39, 0.29) is 11.3 Å². The van der Waals surface area contributed by atoms with Crippen LogP contribution in [0.25, 0.3) is 0 Å². The minimum atomic E-state index is -2.93. The summed E-state index contributed by atoms with van der Waals surface area (Å²) in [6.45, 7) is 1.18. The third kappa shape index (κ3) is 3.42. The average Bonchev–Trinajstić information content (AvgIpc) is 2.74. The average molecular weight is 261 g/mol. The van der Waals surface area contributed by atoms with Crippen LogP contribution in [0.2, 0.25) is 0 Å². The van der Waals surface area contributed by atoms with Crippen LogP contribution in [0.1, 0.15) is 38.5 Å². The molecule has 5 heteroatoms. The second-order valence-corrected chi connectivity index (χ2v) is 7.72. The highest BCUT2D eigenvalue weighted by molar-refractivity contribution is 7.92. The Balaban J connectivity index is 1.84. The minimum Gasteiger partial charge on any atom is -0.381 e. The van der Waals surface area contributed by atoms with Gasteiger partial charge in [0.05, 0.1) is 11.0 Å². The first-order valence-corrected chi connectivity index (χ1v) is 8.36. The van der Waals surface area contributed by atoms with Crippen LogP contribution in [0.15, 0.2) is 0 Å². The molecule has 0 radical (unpaired) electrons. The van der Waals surface area contributed by atoms with Crippen LogP contribution in [-0.2, 0) is 14.6 Å². The molecule has 0 bridgehead atoms. The highest BCUT2D eigenvalue weighted by Gasteiger charge is 2.30. The molecule has 0 aromatic rings. The Labute approximate surface area is 104 Å². The summed E-state index contributed by atoms with van der Waals surface area (Å²) >= 11 is 0. The van der Waals surface area contributed by atoms with E-state index < -0.39 is 9.84 Å². The fourth-order valence-electron chi connectivity index (χ4n) is 2.94. The molecule has 1 saturated heterocycles. The van der Waals surface area contributed by atoms with Crippen molar-refractivity contribution in [3.8, 4) is 0 Å².